The second kappa shape index (κ2) is 7.98. The van der Waals surface area contributed by atoms with Gasteiger partial charge in [-0.3, -0.25) is 0 Å². The van der Waals surface area contributed by atoms with Gasteiger partial charge in [0.25, 0.3) is 0 Å². The Bertz CT molecular complexity index is 559. The van der Waals surface area contributed by atoms with Crippen LogP contribution in [0.5, 0.6) is 0 Å². The number of likely N-dealkylation sites (N-methyl/N-ethyl adjacent to an activating group) is 1. The first kappa shape index (κ1) is 15.8. The summed E-state index contributed by atoms with van der Waals surface area (Å²) in [7, 11) is 2.06. The van der Waals surface area contributed by atoms with Gasteiger partial charge < -0.3 is 10.2 Å². The molecule has 0 saturated heterocycles. The molecule has 2 rings (SSSR count). The van der Waals surface area contributed by atoms with Crippen LogP contribution >= 0.6 is 15.9 Å². The summed E-state index contributed by atoms with van der Waals surface area (Å²) in [5, 5.41) is 3.31. The molecule has 0 bridgehead atoms. The van der Waals surface area contributed by atoms with Crippen LogP contribution in [0.4, 0.5) is 11.6 Å². The van der Waals surface area contributed by atoms with E-state index in [0.717, 1.165) is 42.0 Å². The van der Waals surface area contributed by atoms with E-state index >= 15 is 0 Å². The number of hydrogen-bond acceptors (Lipinski definition) is 4. The van der Waals surface area contributed by atoms with Crippen LogP contribution < -0.4 is 10.2 Å². The maximum atomic E-state index is 4.39. The lowest BCUT2D eigenvalue weighted by Crippen LogP contribution is -2.22. The zero-order chi connectivity index (χ0) is 15.1. The van der Waals surface area contributed by atoms with E-state index in [4.69, 9.17) is 0 Å². The highest BCUT2D eigenvalue weighted by atomic mass is 79.9. The molecule has 0 fully saturated rings. The molecule has 0 aliphatic heterocycles. The molecule has 1 aromatic carbocycles. The fourth-order valence-electron chi connectivity index (χ4n) is 2.04. The summed E-state index contributed by atoms with van der Waals surface area (Å²) in [6.07, 6.45) is 3.66. The number of rotatable bonds is 7. The fraction of sp³-hybridized carbons (Fsp3) is 0.375. The summed E-state index contributed by atoms with van der Waals surface area (Å²) < 4.78 is 0.925. The van der Waals surface area contributed by atoms with Gasteiger partial charge in [-0.15, -0.1) is 0 Å². The topological polar surface area (TPSA) is 41.1 Å². The number of anilines is 2. The minimum atomic E-state index is 0.855. The number of hydrogen-bond donors (Lipinski definition) is 1. The molecule has 0 atom stereocenters. The second-order valence-electron chi connectivity index (χ2n) is 4.94. The van der Waals surface area contributed by atoms with Crippen LogP contribution in [0.3, 0.4) is 0 Å². The predicted octanol–water partition coefficient (Wildman–Crippen LogP) is 3.74. The highest BCUT2D eigenvalue weighted by Crippen LogP contribution is 2.28. The molecule has 1 heterocycles. The minimum Gasteiger partial charge on any atom is -0.369 e. The molecule has 0 aliphatic rings. The van der Waals surface area contributed by atoms with Crippen molar-refractivity contribution < 1.29 is 0 Å². The number of nitrogens with zero attached hydrogens (tertiary/aromatic N) is 3. The zero-order valence-electron chi connectivity index (χ0n) is 12.5. The van der Waals surface area contributed by atoms with Crippen LogP contribution in [0.2, 0.25) is 0 Å². The minimum absolute atomic E-state index is 0.855. The number of nitrogens with one attached hydrogen (secondary N) is 1. The summed E-state index contributed by atoms with van der Waals surface area (Å²) in [6, 6.07) is 10.5. The van der Waals surface area contributed by atoms with E-state index in [-0.39, 0.29) is 0 Å². The van der Waals surface area contributed by atoms with Gasteiger partial charge in [-0.05, 0) is 34.3 Å². The van der Waals surface area contributed by atoms with Crippen molar-refractivity contribution in [2.45, 2.75) is 19.8 Å². The molecule has 1 N–H and O–H groups in total. The van der Waals surface area contributed by atoms with Crippen LogP contribution in [-0.2, 0) is 6.42 Å². The maximum Gasteiger partial charge on any atom is 0.148 e. The van der Waals surface area contributed by atoms with Crippen LogP contribution in [0.15, 0.2) is 41.1 Å². The van der Waals surface area contributed by atoms with Crippen molar-refractivity contribution in [3.05, 3.63) is 46.7 Å². The van der Waals surface area contributed by atoms with E-state index in [0.29, 0.717) is 0 Å². The van der Waals surface area contributed by atoms with E-state index in [1.807, 2.05) is 6.07 Å². The number of halogens is 1. The van der Waals surface area contributed by atoms with Gasteiger partial charge in [-0.1, -0.05) is 37.3 Å². The van der Waals surface area contributed by atoms with Gasteiger partial charge in [-0.25, -0.2) is 9.97 Å². The Morgan fingerprint density at radius 1 is 1.19 bits per heavy atom. The van der Waals surface area contributed by atoms with Gasteiger partial charge in [0.1, 0.15) is 22.4 Å². The van der Waals surface area contributed by atoms with E-state index in [1.54, 1.807) is 6.33 Å². The summed E-state index contributed by atoms with van der Waals surface area (Å²) >= 11 is 3.61. The van der Waals surface area contributed by atoms with Crippen molar-refractivity contribution in [3.63, 3.8) is 0 Å². The molecule has 0 radical (unpaired) electrons. The normalized spacial score (nSPS) is 10.4. The Labute approximate surface area is 134 Å². The van der Waals surface area contributed by atoms with Crippen molar-refractivity contribution in [1.29, 1.82) is 0 Å². The highest BCUT2D eigenvalue weighted by Gasteiger charge is 2.12. The lowest BCUT2D eigenvalue weighted by molar-refractivity contribution is 0.851. The quantitative estimate of drug-likeness (QED) is 0.827. The van der Waals surface area contributed by atoms with Gasteiger partial charge in [0, 0.05) is 20.1 Å². The van der Waals surface area contributed by atoms with Crippen LogP contribution in [0.1, 0.15) is 18.9 Å². The Hall–Kier alpha value is -1.62. The first-order valence-corrected chi connectivity index (χ1v) is 8.01. The maximum absolute atomic E-state index is 4.39. The summed E-state index contributed by atoms with van der Waals surface area (Å²) in [6.45, 7) is 3.95. The molecule has 21 heavy (non-hydrogen) atoms. The van der Waals surface area contributed by atoms with Gasteiger partial charge in [0.05, 0.1) is 0 Å². The molecule has 2 aromatic rings. The Balaban J connectivity index is 2.03. The van der Waals surface area contributed by atoms with Crippen LogP contribution in [-0.4, -0.2) is 30.1 Å². The van der Waals surface area contributed by atoms with Gasteiger partial charge >= 0.3 is 0 Å². The fourth-order valence-corrected chi connectivity index (χ4v) is 2.69. The smallest absolute Gasteiger partial charge is 0.148 e. The lowest BCUT2D eigenvalue weighted by atomic mass is 10.1. The largest absolute Gasteiger partial charge is 0.369 e. The third-order valence-corrected chi connectivity index (χ3v) is 3.98. The molecule has 0 saturated carbocycles. The predicted molar refractivity (Wildman–Crippen MR) is 91.9 cm³/mol. The van der Waals surface area contributed by atoms with Gasteiger partial charge in [-0.2, -0.15) is 0 Å². The summed E-state index contributed by atoms with van der Waals surface area (Å²) in [4.78, 5) is 10.8. The number of benzene rings is 1. The van der Waals surface area contributed by atoms with Crippen molar-refractivity contribution >= 4 is 27.6 Å². The SMILES string of the molecule is CCCNc1ncnc(N(C)CCc2ccccc2)c1Br. The van der Waals surface area contributed by atoms with Gasteiger partial charge in [0.15, 0.2) is 0 Å². The average molecular weight is 349 g/mol. The zero-order valence-corrected chi connectivity index (χ0v) is 14.1. The second-order valence-corrected chi connectivity index (χ2v) is 5.74. The molecule has 5 heteroatoms. The summed E-state index contributed by atoms with van der Waals surface area (Å²) in [5.41, 5.74) is 1.33. The molecule has 112 valence electrons. The average Bonchev–Trinajstić information content (AvgIpc) is 2.52. The molecule has 1 aromatic heterocycles. The Morgan fingerprint density at radius 3 is 2.67 bits per heavy atom. The third-order valence-electron chi connectivity index (χ3n) is 3.25. The highest BCUT2D eigenvalue weighted by molar-refractivity contribution is 9.10. The van der Waals surface area contributed by atoms with E-state index in [2.05, 4.69) is 74.4 Å². The first-order chi connectivity index (χ1) is 10.2. The van der Waals surface area contributed by atoms with Crippen molar-refractivity contribution in [2.24, 2.45) is 0 Å². The Morgan fingerprint density at radius 2 is 1.95 bits per heavy atom. The molecule has 0 unspecified atom stereocenters. The lowest BCUT2D eigenvalue weighted by Gasteiger charge is -2.20. The van der Waals surface area contributed by atoms with Crippen molar-refractivity contribution in [1.82, 2.24) is 9.97 Å². The third kappa shape index (κ3) is 4.43. The van der Waals surface area contributed by atoms with Crippen molar-refractivity contribution in [2.75, 3.05) is 30.4 Å². The van der Waals surface area contributed by atoms with E-state index in [1.165, 1.54) is 5.56 Å². The van der Waals surface area contributed by atoms with Crippen LogP contribution in [0, 0.1) is 0 Å². The molecular weight excluding hydrogens is 328 g/mol. The number of aromatic nitrogens is 2. The molecule has 0 amide bonds. The standard InChI is InChI=1S/C16H21BrN4/c1-3-10-18-15-14(17)16(20-12-19-15)21(2)11-9-13-7-5-4-6-8-13/h4-8,12H,3,9-11H2,1-2H3,(H,18,19,20). The van der Waals surface area contributed by atoms with Gasteiger partial charge in [0.2, 0.25) is 0 Å². The van der Waals surface area contributed by atoms with E-state index in [9.17, 15) is 0 Å². The Kier molecular flexibility index (Phi) is 5.99. The molecule has 0 aliphatic carbocycles. The van der Waals surface area contributed by atoms with Crippen molar-refractivity contribution in [3.8, 4) is 0 Å². The monoisotopic (exact) mass is 348 g/mol. The summed E-state index contributed by atoms with van der Waals surface area (Å²) in [5.74, 6) is 1.77. The first-order valence-electron chi connectivity index (χ1n) is 7.21. The van der Waals surface area contributed by atoms with E-state index < -0.39 is 0 Å². The van der Waals surface area contributed by atoms with Crippen LogP contribution in [0.25, 0.3) is 0 Å². The molecular formula is C16H21BrN4. The molecule has 0 spiro atoms. The molecule has 4 nitrogen and oxygen atoms in total.